The topological polar surface area (TPSA) is 64.9 Å². The summed E-state index contributed by atoms with van der Waals surface area (Å²) in [5.41, 5.74) is 1.12. The van der Waals surface area contributed by atoms with Crippen LogP contribution in [0.5, 0.6) is 5.75 Å². The van der Waals surface area contributed by atoms with Crippen LogP contribution in [0.4, 0.5) is 5.95 Å². The van der Waals surface area contributed by atoms with E-state index in [-0.39, 0.29) is 0 Å². The molecule has 1 heterocycles. The summed E-state index contributed by atoms with van der Waals surface area (Å²) in [7, 11) is 1.79. The van der Waals surface area contributed by atoms with E-state index in [4.69, 9.17) is 4.74 Å². The fourth-order valence-electron chi connectivity index (χ4n) is 1.54. The molecule has 0 saturated heterocycles. The molecular weight excluding hydrogens is 310 g/mol. The van der Waals surface area contributed by atoms with Gasteiger partial charge < -0.3 is 10.1 Å². The standard InChI is InChI=1S/C12H16BrN5O/c1-3-6-19-11-5-4-9(7-10(11)13)8-14-12-15-16-17-18(12)2/h4-5,7H,3,6,8H2,1-2H3,(H,14,15,17). The van der Waals surface area contributed by atoms with Gasteiger partial charge in [0.1, 0.15) is 5.75 Å². The molecule has 0 amide bonds. The number of tetrazole rings is 1. The van der Waals surface area contributed by atoms with Crippen molar-refractivity contribution in [3.05, 3.63) is 28.2 Å². The first-order chi connectivity index (χ1) is 9.20. The summed E-state index contributed by atoms with van der Waals surface area (Å²) in [4.78, 5) is 0. The Morgan fingerprint density at radius 2 is 2.26 bits per heavy atom. The van der Waals surface area contributed by atoms with E-state index in [2.05, 4.69) is 43.7 Å². The summed E-state index contributed by atoms with van der Waals surface area (Å²) < 4.78 is 8.15. The van der Waals surface area contributed by atoms with Gasteiger partial charge in [-0.3, -0.25) is 0 Å². The van der Waals surface area contributed by atoms with E-state index in [0.717, 1.165) is 28.8 Å². The maximum absolute atomic E-state index is 5.61. The molecule has 19 heavy (non-hydrogen) atoms. The third-order valence-corrected chi connectivity index (χ3v) is 3.15. The highest BCUT2D eigenvalue weighted by Crippen LogP contribution is 2.26. The Morgan fingerprint density at radius 3 is 2.89 bits per heavy atom. The molecule has 2 rings (SSSR count). The maximum atomic E-state index is 5.61. The van der Waals surface area contributed by atoms with Crippen LogP contribution in [0, 0.1) is 0 Å². The molecule has 0 aliphatic heterocycles. The Kier molecular flexibility index (Phi) is 4.73. The molecule has 1 N–H and O–H groups in total. The summed E-state index contributed by atoms with van der Waals surface area (Å²) in [6.45, 7) is 3.46. The minimum absolute atomic E-state index is 0.641. The van der Waals surface area contributed by atoms with E-state index in [9.17, 15) is 0 Å². The minimum atomic E-state index is 0.641. The molecule has 0 unspecified atom stereocenters. The van der Waals surface area contributed by atoms with Gasteiger partial charge in [-0.25, -0.2) is 4.68 Å². The van der Waals surface area contributed by atoms with Crippen LogP contribution in [0.15, 0.2) is 22.7 Å². The van der Waals surface area contributed by atoms with Crippen molar-refractivity contribution in [2.45, 2.75) is 19.9 Å². The summed E-state index contributed by atoms with van der Waals surface area (Å²) in [5, 5.41) is 14.4. The van der Waals surface area contributed by atoms with Gasteiger partial charge in [0.2, 0.25) is 5.95 Å². The van der Waals surface area contributed by atoms with Crippen molar-refractivity contribution in [3.8, 4) is 5.75 Å². The average Bonchev–Trinajstić information content (AvgIpc) is 2.81. The van der Waals surface area contributed by atoms with E-state index in [1.54, 1.807) is 11.7 Å². The number of halogens is 1. The molecule has 0 saturated carbocycles. The Balaban J connectivity index is 1.98. The van der Waals surface area contributed by atoms with Gasteiger partial charge >= 0.3 is 0 Å². The quantitative estimate of drug-likeness (QED) is 0.883. The number of anilines is 1. The Labute approximate surface area is 120 Å². The minimum Gasteiger partial charge on any atom is -0.492 e. The molecule has 0 aliphatic carbocycles. The fourth-order valence-corrected chi connectivity index (χ4v) is 2.08. The highest BCUT2D eigenvalue weighted by Gasteiger charge is 2.04. The number of ether oxygens (including phenoxy) is 1. The zero-order chi connectivity index (χ0) is 13.7. The van der Waals surface area contributed by atoms with Crippen LogP contribution in [0.3, 0.4) is 0 Å². The highest BCUT2D eigenvalue weighted by molar-refractivity contribution is 9.10. The predicted octanol–water partition coefficient (Wildman–Crippen LogP) is 2.37. The second kappa shape index (κ2) is 6.51. The molecule has 0 bridgehead atoms. The third kappa shape index (κ3) is 3.66. The first-order valence-corrected chi connectivity index (χ1v) is 6.87. The number of nitrogens with one attached hydrogen (secondary N) is 1. The van der Waals surface area contributed by atoms with Gasteiger partial charge in [-0.1, -0.05) is 18.1 Å². The normalized spacial score (nSPS) is 10.5. The first kappa shape index (κ1) is 13.8. The van der Waals surface area contributed by atoms with Gasteiger partial charge in [0.05, 0.1) is 11.1 Å². The van der Waals surface area contributed by atoms with E-state index in [1.807, 2.05) is 18.2 Å². The maximum Gasteiger partial charge on any atom is 0.242 e. The number of hydrogen-bond donors (Lipinski definition) is 1. The van der Waals surface area contributed by atoms with Crippen LogP contribution in [-0.4, -0.2) is 26.8 Å². The largest absolute Gasteiger partial charge is 0.492 e. The summed E-state index contributed by atoms with van der Waals surface area (Å²) >= 11 is 3.51. The van der Waals surface area contributed by atoms with Crippen molar-refractivity contribution < 1.29 is 4.74 Å². The first-order valence-electron chi connectivity index (χ1n) is 6.08. The van der Waals surface area contributed by atoms with Crippen molar-refractivity contribution in [2.24, 2.45) is 7.05 Å². The van der Waals surface area contributed by atoms with E-state index in [1.165, 1.54) is 0 Å². The summed E-state index contributed by atoms with van der Waals surface area (Å²) in [6, 6.07) is 6.01. The van der Waals surface area contributed by atoms with Crippen LogP contribution in [0.1, 0.15) is 18.9 Å². The van der Waals surface area contributed by atoms with Crippen molar-refractivity contribution in [3.63, 3.8) is 0 Å². The second-order valence-corrected chi connectivity index (χ2v) is 4.95. The SMILES string of the molecule is CCCOc1ccc(CNc2nnnn2C)cc1Br. The molecule has 1 aromatic carbocycles. The number of benzene rings is 1. The van der Waals surface area contributed by atoms with Crippen molar-refractivity contribution >= 4 is 21.9 Å². The Bertz CT molecular complexity index is 543. The van der Waals surface area contributed by atoms with Crippen LogP contribution in [0.2, 0.25) is 0 Å². The molecule has 0 spiro atoms. The number of hydrogen-bond acceptors (Lipinski definition) is 5. The molecule has 7 heteroatoms. The number of aromatic nitrogens is 4. The van der Waals surface area contributed by atoms with Gasteiger partial charge in [-0.15, -0.1) is 0 Å². The van der Waals surface area contributed by atoms with Gasteiger partial charge in [-0.2, -0.15) is 0 Å². The molecule has 102 valence electrons. The Hall–Kier alpha value is -1.63. The molecular formula is C12H16BrN5O. The van der Waals surface area contributed by atoms with E-state index >= 15 is 0 Å². The lowest BCUT2D eigenvalue weighted by Gasteiger charge is -2.09. The summed E-state index contributed by atoms with van der Waals surface area (Å²) in [5.74, 6) is 1.51. The monoisotopic (exact) mass is 325 g/mol. The van der Waals surface area contributed by atoms with Gasteiger partial charge in [0.15, 0.2) is 0 Å². The van der Waals surface area contributed by atoms with Crippen LogP contribution < -0.4 is 10.1 Å². The van der Waals surface area contributed by atoms with Crippen molar-refractivity contribution in [1.82, 2.24) is 20.2 Å². The zero-order valence-electron chi connectivity index (χ0n) is 10.9. The lowest BCUT2D eigenvalue weighted by molar-refractivity contribution is 0.315. The molecule has 0 fully saturated rings. The lowest BCUT2D eigenvalue weighted by Crippen LogP contribution is -2.06. The van der Waals surface area contributed by atoms with Crippen LogP contribution in [0.25, 0.3) is 0 Å². The molecule has 6 nitrogen and oxygen atoms in total. The third-order valence-electron chi connectivity index (χ3n) is 2.53. The average molecular weight is 326 g/mol. The Morgan fingerprint density at radius 1 is 1.42 bits per heavy atom. The molecule has 0 aliphatic rings. The lowest BCUT2D eigenvalue weighted by atomic mass is 10.2. The molecule has 2 aromatic rings. The number of rotatable bonds is 6. The van der Waals surface area contributed by atoms with Crippen LogP contribution in [-0.2, 0) is 13.6 Å². The van der Waals surface area contributed by atoms with Crippen LogP contribution >= 0.6 is 15.9 Å². The van der Waals surface area contributed by atoms with E-state index in [0.29, 0.717) is 12.5 Å². The van der Waals surface area contributed by atoms with E-state index < -0.39 is 0 Å². The second-order valence-electron chi connectivity index (χ2n) is 4.09. The highest BCUT2D eigenvalue weighted by atomic mass is 79.9. The fraction of sp³-hybridized carbons (Fsp3) is 0.417. The molecule has 0 atom stereocenters. The number of aryl methyl sites for hydroxylation is 1. The molecule has 1 aromatic heterocycles. The van der Waals surface area contributed by atoms with Crippen molar-refractivity contribution in [1.29, 1.82) is 0 Å². The number of nitrogens with zero attached hydrogens (tertiary/aromatic N) is 4. The van der Waals surface area contributed by atoms with Gasteiger partial charge in [-0.05, 0) is 50.5 Å². The smallest absolute Gasteiger partial charge is 0.242 e. The van der Waals surface area contributed by atoms with Gasteiger partial charge in [0.25, 0.3) is 0 Å². The summed E-state index contributed by atoms with van der Waals surface area (Å²) in [6.07, 6.45) is 0.995. The van der Waals surface area contributed by atoms with Crippen molar-refractivity contribution in [2.75, 3.05) is 11.9 Å². The predicted molar refractivity (Wildman–Crippen MR) is 76.1 cm³/mol. The molecule has 0 radical (unpaired) electrons. The zero-order valence-corrected chi connectivity index (χ0v) is 12.5. The van der Waals surface area contributed by atoms with Gasteiger partial charge in [0, 0.05) is 13.6 Å².